The highest BCUT2D eigenvalue weighted by Gasteiger charge is 2.43. The molecule has 1 amide bonds. The van der Waals surface area contributed by atoms with Crippen LogP contribution in [0.4, 0.5) is 4.79 Å². The second kappa shape index (κ2) is 7.32. The molecule has 0 N–H and O–H groups in total. The van der Waals surface area contributed by atoms with Crippen LogP contribution in [-0.2, 0) is 15.1 Å². The van der Waals surface area contributed by atoms with Gasteiger partial charge in [-0.05, 0) is 18.1 Å². The lowest BCUT2D eigenvalue weighted by Gasteiger charge is -2.43. The third kappa shape index (κ3) is 3.56. The second-order valence-electron chi connectivity index (χ2n) is 6.45. The first-order valence-electron chi connectivity index (χ1n) is 8.45. The van der Waals surface area contributed by atoms with Crippen molar-refractivity contribution in [2.75, 3.05) is 20.3 Å². The van der Waals surface area contributed by atoms with Gasteiger partial charge in [0.05, 0.1) is 12.6 Å². The van der Waals surface area contributed by atoms with E-state index in [1.807, 2.05) is 61.5 Å². The van der Waals surface area contributed by atoms with Crippen LogP contribution < -0.4 is 5.46 Å². The molecule has 25 heavy (non-hydrogen) atoms. The van der Waals surface area contributed by atoms with E-state index in [-0.39, 0.29) is 12.1 Å². The van der Waals surface area contributed by atoms with Crippen molar-refractivity contribution in [1.29, 1.82) is 0 Å². The van der Waals surface area contributed by atoms with Crippen LogP contribution in [0.15, 0.2) is 54.6 Å². The van der Waals surface area contributed by atoms with Crippen LogP contribution in [-0.4, -0.2) is 39.1 Å². The Kier molecular flexibility index (Phi) is 5.14. The van der Waals surface area contributed by atoms with Crippen LogP contribution in [0.3, 0.4) is 0 Å². The summed E-state index contributed by atoms with van der Waals surface area (Å²) in [7, 11) is 7.37. The fourth-order valence-electron chi connectivity index (χ4n) is 3.34. The maximum absolute atomic E-state index is 12.8. The lowest BCUT2D eigenvalue weighted by atomic mass is 9.89. The van der Waals surface area contributed by atoms with Crippen LogP contribution >= 0.6 is 0 Å². The second-order valence-corrected chi connectivity index (χ2v) is 6.45. The zero-order valence-corrected chi connectivity index (χ0v) is 14.6. The molecule has 0 unspecified atom stereocenters. The third-order valence-corrected chi connectivity index (χ3v) is 4.84. The Labute approximate surface area is 150 Å². The van der Waals surface area contributed by atoms with E-state index >= 15 is 0 Å². The molecule has 5 heteroatoms. The molecule has 1 fully saturated rings. The highest BCUT2D eigenvalue weighted by molar-refractivity contribution is 6.32. The summed E-state index contributed by atoms with van der Waals surface area (Å²) in [6, 6.07) is 17.3. The molecule has 3 rings (SSSR count). The minimum absolute atomic E-state index is 0.0792. The molecule has 0 bridgehead atoms. The van der Waals surface area contributed by atoms with Gasteiger partial charge >= 0.3 is 6.09 Å². The fourth-order valence-corrected chi connectivity index (χ4v) is 3.34. The Balaban J connectivity index is 1.81. The van der Waals surface area contributed by atoms with Crippen LogP contribution in [0.25, 0.3) is 0 Å². The van der Waals surface area contributed by atoms with Gasteiger partial charge in [0.25, 0.3) is 0 Å². The molecular formula is C20H22BNO3. The summed E-state index contributed by atoms with van der Waals surface area (Å²) in [5.41, 5.74) is 1.97. The van der Waals surface area contributed by atoms with Crippen molar-refractivity contribution in [3.8, 4) is 0 Å². The molecule has 0 saturated carbocycles. The number of benzene rings is 2. The number of hydrogen-bond acceptors (Lipinski definition) is 3. The van der Waals surface area contributed by atoms with Crippen LogP contribution in [0.1, 0.15) is 30.5 Å². The zero-order valence-electron chi connectivity index (χ0n) is 14.6. The molecule has 1 aliphatic heterocycles. The molecule has 0 aliphatic carbocycles. The summed E-state index contributed by atoms with van der Waals surface area (Å²) in [5.74, 6) is 0. The number of methoxy groups -OCH3 is 1. The maximum Gasteiger partial charge on any atom is 0.411 e. The van der Waals surface area contributed by atoms with Crippen LogP contribution in [0, 0.1) is 0 Å². The zero-order chi connectivity index (χ0) is 17.9. The van der Waals surface area contributed by atoms with E-state index in [0.29, 0.717) is 25.0 Å². The molecule has 2 radical (unpaired) electrons. The van der Waals surface area contributed by atoms with Crippen molar-refractivity contribution in [1.82, 2.24) is 4.90 Å². The van der Waals surface area contributed by atoms with Gasteiger partial charge < -0.3 is 14.4 Å². The van der Waals surface area contributed by atoms with Gasteiger partial charge in [-0.3, -0.25) is 0 Å². The first-order valence-corrected chi connectivity index (χ1v) is 8.45. The summed E-state index contributed by atoms with van der Waals surface area (Å²) in [6.07, 6.45) is 0.354. The summed E-state index contributed by atoms with van der Waals surface area (Å²) in [6.45, 7) is 2.94. The Morgan fingerprint density at radius 3 is 2.48 bits per heavy atom. The van der Waals surface area contributed by atoms with Gasteiger partial charge in [-0.2, -0.15) is 0 Å². The van der Waals surface area contributed by atoms with Crippen LogP contribution in [0.5, 0.6) is 0 Å². The van der Waals surface area contributed by atoms with Crippen molar-refractivity contribution in [2.45, 2.75) is 25.0 Å². The van der Waals surface area contributed by atoms with Gasteiger partial charge in [0.2, 0.25) is 0 Å². The smallest absolute Gasteiger partial charge is 0.411 e. The molecular weight excluding hydrogens is 313 g/mol. The maximum atomic E-state index is 12.8. The Morgan fingerprint density at radius 1 is 1.20 bits per heavy atom. The minimum atomic E-state index is -0.732. The molecule has 2 aromatic rings. The number of amides is 1. The first-order chi connectivity index (χ1) is 12.1. The van der Waals surface area contributed by atoms with E-state index < -0.39 is 5.60 Å². The normalized spacial score (nSPS) is 21.7. The summed E-state index contributed by atoms with van der Waals surface area (Å²) >= 11 is 0. The average molecular weight is 335 g/mol. The van der Waals surface area contributed by atoms with Gasteiger partial charge in [-0.25, -0.2) is 4.79 Å². The van der Waals surface area contributed by atoms with Crippen molar-refractivity contribution in [3.63, 3.8) is 0 Å². The Hall–Kier alpha value is -2.27. The third-order valence-electron chi connectivity index (χ3n) is 4.84. The lowest BCUT2D eigenvalue weighted by Crippen LogP contribution is -2.50. The van der Waals surface area contributed by atoms with Crippen molar-refractivity contribution in [3.05, 3.63) is 65.7 Å². The van der Waals surface area contributed by atoms with Gasteiger partial charge in [-0.1, -0.05) is 60.1 Å². The molecule has 1 saturated heterocycles. The fraction of sp³-hybridized carbons (Fsp3) is 0.350. The summed E-state index contributed by atoms with van der Waals surface area (Å²) in [4.78, 5) is 14.5. The van der Waals surface area contributed by atoms with Gasteiger partial charge in [-0.15, -0.1) is 0 Å². The number of hydrogen-bond donors (Lipinski definition) is 0. The van der Waals surface area contributed by atoms with Gasteiger partial charge in [0.15, 0.2) is 5.60 Å². The molecule has 1 heterocycles. The van der Waals surface area contributed by atoms with Crippen molar-refractivity contribution in [2.24, 2.45) is 0 Å². The number of ether oxygens (including phenoxy) is 2. The van der Waals surface area contributed by atoms with Gasteiger partial charge in [0, 0.05) is 20.1 Å². The molecule has 0 spiro atoms. The highest BCUT2D eigenvalue weighted by atomic mass is 16.6. The highest BCUT2D eigenvalue weighted by Crippen LogP contribution is 2.37. The predicted octanol–water partition coefficient (Wildman–Crippen LogP) is 2.93. The first kappa shape index (κ1) is 17.6. The molecule has 1 aliphatic rings. The molecule has 0 aromatic heterocycles. The largest absolute Gasteiger partial charge is 0.435 e. The molecule has 128 valence electrons. The van der Waals surface area contributed by atoms with E-state index in [1.165, 1.54) is 0 Å². The number of cyclic esters (lactones) is 1. The van der Waals surface area contributed by atoms with Crippen molar-refractivity contribution >= 4 is 19.4 Å². The van der Waals surface area contributed by atoms with E-state index in [1.54, 1.807) is 12.0 Å². The van der Waals surface area contributed by atoms with E-state index in [9.17, 15) is 4.79 Å². The molecule has 2 aromatic carbocycles. The summed E-state index contributed by atoms with van der Waals surface area (Å²) in [5, 5.41) is 0. The summed E-state index contributed by atoms with van der Waals surface area (Å²) < 4.78 is 11.3. The number of carbonyl (C=O) groups is 1. The topological polar surface area (TPSA) is 38.8 Å². The molecule has 4 nitrogen and oxygen atoms in total. The predicted molar refractivity (Wildman–Crippen MR) is 98.0 cm³/mol. The number of nitrogens with zero attached hydrogens (tertiary/aromatic N) is 1. The number of rotatable bonds is 5. The van der Waals surface area contributed by atoms with E-state index in [0.717, 1.165) is 11.1 Å². The monoisotopic (exact) mass is 335 g/mol. The van der Waals surface area contributed by atoms with Crippen molar-refractivity contribution < 1.29 is 14.3 Å². The van der Waals surface area contributed by atoms with Gasteiger partial charge in [0.1, 0.15) is 7.85 Å². The van der Waals surface area contributed by atoms with E-state index in [2.05, 4.69) is 0 Å². The average Bonchev–Trinajstić information content (AvgIpc) is 2.63. The number of carbonyl (C=O) groups excluding carboxylic acids is 1. The standard InChI is InChI=1S/C20H22BNO3/c1-15(16-8-10-18(21)11-9-16)22-13-12-20(14-24-2,25-19(22)23)17-6-4-3-5-7-17/h3-11,15H,12-14H2,1-2H3/t15-,20+/m0/s1. The quantitative estimate of drug-likeness (QED) is 0.789. The molecule has 2 atom stereocenters. The minimum Gasteiger partial charge on any atom is -0.435 e. The SMILES string of the molecule is [B]c1ccc([C@H](C)N2CC[C@@](COC)(c3ccccc3)OC2=O)cc1. The Morgan fingerprint density at radius 2 is 1.88 bits per heavy atom. The Bertz CT molecular complexity index is 719. The van der Waals surface area contributed by atoms with Crippen LogP contribution in [0.2, 0.25) is 0 Å². The van der Waals surface area contributed by atoms with E-state index in [4.69, 9.17) is 17.3 Å². The lowest BCUT2D eigenvalue weighted by molar-refractivity contribution is -0.0964.